The van der Waals surface area contributed by atoms with Gasteiger partial charge in [0.15, 0.2) is 0 Å². The highest BCUT2D eigenvalue weighted by Gasteiger charge is 2.37. The molecule has 0 aromatic heterocycles. The predicted octanol–water partition coefficient (Wildman–Crippen LogP) is 2.23. The third-order valence-corrected chi connectivity index (χ3v) is 4.20. The molecule has 0 atom stereocenters. The van der Waals surface area contributed by atoms with E-state index in [1.54, 1.807) is 25.1 Å². The molecule has 1 aromatic rings. The summed E-state index contributed by atoms with van der Waals surface area (Å²) in [5.74, 6) is -0.550. The zero-order chi connectivity index (χ0) is 12.0. The number of benzene rings is 1. The number of halogens is 2. The second-order valence-electron chi connectivity index (χ2n) is 3.38. The SMILES string of the molecule is CCOC(=O)CC[Si](F)(F)c1ccccc1. The molecule has 16 heavy (non-hydrogen) atoms. The van der Waals surface area contributed by atoms with Gasteiger partial charge in [-0.15, -0.1) is 0 Å². The molecule has 0 heterocycles. The largest absolute Gasteiger partial charge is 0.466 e. The molecule has 1 aromatic carbocycles. The summed E-state index contributed by atoms with van der Waals surface area (Å²) in [6.07, 6.45) is -0.206. The van der Waals surface area contributed by atoms with E-state index >= 15 is 0 Å². The first-order chi connectivity index (χ1) is 7.56. The van der Waals surface area contributed by atoms with Crippen LogP contribution in [0.15, 0.2) is 30.3 Å². The molecule has 0 spiro atoms. The average Bonchev–Trinajstić information content (AvgIpc) is 2.28. The summed E-state index contributed by atoms with van der Waals surface area (Å²) in [6, 6.07) is 7.31. The maximum absolute atomic E-state index is 13.7. The molecule has 0 saturated carbocycles. The van der Waals surface area contributed by atoms with Gasteiger partial charge in [-0.3, -0.25) is 13.0 Å². The van der Waals surface area contributed by atoms with Crippen molar-refractivity contribution in [2.45, 2.75) is 19.4 Å². The summed E-state index contributed by atoms with van der Waals surface area (Å²) in [4.78, 5) is 11.0. The summed E-state index contributed by atoms with van der Waals surface area (Å²) in [5.41, 5.74) is 0. The third kappa shape index (κ3) is 3.73. The van der Waals surface area contributed by atoms with E-state index in [0.29, 0.717) is 0 Å². The first-order valence-electron chi connectivity index (χ1n) is 5.15. The van der Waals surface area contributed by atoms with Crippen LogP contribution in [0, 0.1) is 0 Å². The molecule has 0 radical (unpaired) electrons. The van der Waals surface area contributed by atoms with Crippen molar-refractivity contribution in [1.82, 2.24) is 0 Å². The fourth-order valence-corrected chi connectivity index (χ4v) is 2.81. The van der Waals surface area contributed by atoms with Crippen LogP contribution in [0.1, 0.15) is 13.3 Å². The quantitative estimate of drug-likeness (QED) is 0.451. The fourth-order valence-electron chi connectivity index (χ4n) is 1.32. The summed E-state index contributed by atoms with van der Waals surface area (Å²) >= 11 is 0. The second-order valence-corrected chi connectivity index (χ2v) is 5.86. The molecule has 0 aliphatic rings. The summed E-state index contributed by atoms with van der Waals surface area (Å²) in [7, 11) is -4.47. The summed E-state index contributed by atoms with van der Waals surface area (Å²) in [6.45, 7) is 1.89. The van der Waals surface area contributed by atoms with Gasteiger partial charge in [0.2, 0.25) is 0 Å². The Morgan fingerprint density at radius 1 is 1.31 bits per heavy atom. The molecular formula is C11H14F2O2Si. The maximum Gasteiger partial charge on any atom is 0.456 e. The van der Waals surface area contributed by atoms with E-state index in [1.807, 2.05) is 0 Å². The van der Waals surface area contributed by atoms with Crippen LogP contribution >= 0.6 is 0 Å². The number of carbonyl (C=O) groups is 1. The fraction of sp³-hybridized carbons (Fsp3) is 0.364. The van der Waals surface area contributed by atoms with Crippen LogP contribution in [0.4, 0.5) is 8.22 Å². The van der Waals surface area contributed by atoms with Crippen molar-refractivity contribution in [2.75, 3.05) is 6.61 Å². The van der Waals surface area contributed by atoms with Gasteiger partial charge in [0.25, 0.3) is 0 Å². The molecule has 2 nitrogen and oxygen atoms in total. The van der Waals surface area contributed by atoms with E-state index in [1.165, 1.54) is 12.1 Å². The Hall–Kier alpha value is -1.23. The number of rotatable bonds is 5. The molecule has 0 N–H and O–H groups in total. The lowest BCUT2D eigenvalue weighted by molar-refractivity contribution is -0.142. The smallest absolute Gasteiger partial charge is 0.456 e. The van der Waals surface area contributed by atoms with Crippen molar-refractivity contribution in [3.63, 3.8) is 0 Å². The van der Waals surface area contributed by atoms with Gasteiger partial charge in [-0.25, -0.2) is 0 Å². The Morgan fingerprint density at radius 3 is 2.50 bits per heavy atom. The van der Waals surface area contributed by atoms with E-state index in [9.17, 15) is 13.0 Å². The molecule has 1 rings (SSSR count). The van der Waals surface area contributed by atoms with Crippen LogP contribution in [-0.4, -0.2) is 21.3 Å². The van der Waals surface area contributed by atoms with Gasteiger partial charge in [0.05, 0.1) is 6.61 Å². The lowest BCUT2D eigenvalue weighted by Gasteiger charge is -2.12. The van der Waals surface area contributed by atoms with Crippen molar-refractivity contribution in [3.05, 3.63) is 30.3 Å². The van der Waals surface area contributed by atoms with Crippen molar-refractivity contribution >= 4 is 19.9 Å². The van der Waals surface area contributed by atoms with Crippen LogP contribution in [0.3, 0.4) is 0 Å². The highest BCUT2D eigenvalue weighted by molar-refractivity contribution is 6.80. The molecule has 5 heteroatoms. The Kier molecular flexibility index (Phi) is 4.61. The van der Waals surface area contributed by atoms with E-state index in [4.69, 9.17) is 0 Å². The number of hydrogen-bond donors (Lipinski definition) is 0. The van der Waals surface area contributed by atoms with E-state index in [2.05, 4.69) is 4.74 Å². The van der Waals surface area contributed by atoms with Gasteiger partial charge < -0.3 is 4.74 Å². The van der Waals surface area contributed by atoms with Crippen molar-refractivity contribution in [2.24, 2.45) is 0 Å². The zero-order valence-electron chi connectivity index (χ0n) is 9.08. The Balaban J connectivity index is 2.55. The molecule has 0 fully saturated rings. The minimum Gasteiger partial charge on any atom is -0.466 e. The summed E-state index contributed by atoms with van der Waals surface area (Å²) < 4.78 is 32.0. The first-order valence-corrected chi connectivity index (χ1v) is 7.11. The highest BCUT2D eigenvalue weighted by atomic mass is 28.4. The van der Waals surface area contributed by atoms with Crippen LogP contribution < -0.4 is 5.19 Å². The molecule has 0 aliphatic heterocycles. The van der Waals surface area contributed by atoms with E-state index in [-0.39, 0.29) is 24.3 Å². The number of esters is 1. The Labute approximate surface area is 94.6 Å². The van der Waals surface area contributed by atoms with Crippen LogP contribution in [0.2, 0.25) is 6.04 Å². The summed E-state index contributed by atoms with van der Waals surface area (Å²) in [5, 5.41) is 0.0688. The lowest BCUT2D eigenvalue weighted by atomic mass is 10.4. The van der Waals surface area contributed by atoms with Crippen LogP contribution in [0.25, 0.3) is 0 Å². The van der Waals surface area contributed by atoms with Crippen molar-refractivity contribution in [3.8, 4) is 0 Å². The molecule has 0 saturated heterocycles. The molecule has 0 unspecified atom stereocenters. The van der Waals surface area contributed by atoms with Gasteiger partial charge in [0.1, 0.15) is 0 Å². The normalized spacial score (nSPS) is 11.2. The maximum atomic E-state index is 13.7. The van der Waals surface area contributed by atoms with Gasteiger partial charge >= 0.3 is 14.7 Å². The van der Waals surface area contributed by atoms with Gasteiger partial charge in [-0.2, -0.15) is 0 Å². The number of ether oxygens (including phenoxy) is 1. The topological polar surface area (TPSA) is 26.3 Å². The second kappa shape index (κ2) is 5.74. The minimum absolute atomic E-state index is 0.0688. The van der Waals surface area contributed by atoms with Crippen LogP contribution in [0.5, 0.6) is 0 Å². The predicted molar refractivity (Wildman–Crippen MR) is 60.1 cm³/mol. The molecule has 0 aliphatic carbocycles. The Bertz CT molecular complexity index is 341. The monoisotopic (exact) mass is 244 g/mol. The van der Waals surface area contributed by atoms with Crippen molar-refractivity contribution in [1.29, 1.82) is 0 Å². The molecule has 88 valence electrons. The standard InChI is InChI=1S/C11H14F2O2Si/c1-2-15-11(14)8-9-16(12,13)10-6-4-3-5-7-10/h3-7H,2,8-9H2,1H3. The number of carbonyl (C=O) groups excluding carboxylic acids is 1. The van der Waals surface area contributed by atoms with Crippen LogP contribution in [-0.2, 0) is 9.53 Å². The molecular weight excluding hydrogens is 230 g/mol. The molecule has 0 amide bonds. The average molecular weight is 244 g/mol. The third-order valence-electron chi connectivity index (χ3n) is 2.14. The van der Waals surface area contributed by atoms with Gasteiger partial charge in [0, 0.05) is 17.7 Å². The van der Waals surface area contributed by atoms with E-state index < -0.39 is 14.7 Å². The van der Waals surface area contributed by atoms with Gasteiger partial charge in [-0.05, 0) is 6.92 Å². The Morgan fingerprint density at radius 2 is 1.94 bits per heavy atom. The van der Waals surface area contributed by atoms with E-state index in [0.717, 1.165) is 0 Å². The van der Waals surface area contributed by atoms with Gasteiger partial charge in [-0.1, -0.05) is 30.3 Å². The number of hydrogen-bond acceptors (Lipinski definition) is 2. The zero-order valence-corrected chi connectivity index (χ0v) is 10.1. The first kappa shape index (κ1) is 12.8. The lowest BCUT2D eigenvalue weighted by Crippen LogP contribution is -2.39. The molecule has 0 bridgehead atoms. The van der Waals surface area contributed by atoms with Crippen molar-refractivity contribution < 1.29 is 17.7 Å². The minimum atomic E-state index is -4.47. The highest BCUT2D eigenvalue weighted by Crippen LogP contribution is 2.16.